The third-order valence-electron chi connectivity index (χ3n) is 8.09. The highest BCUT2D eigenvalue weighted by atomic mass is 32.1. The van der Waals surface area contributed by atoms with Crippen LogP contribution in [0.25, 0.3) is 0 Å². The molecule has 3 aliphatic rings. The predicted molar refractivity (Wildman–Crippen MR) is 152 cm³/mol. The Hall–Kier alpha value is -2.14. The van der Waals surface area contributed by atoms with Crippen LogP contribution in [-0.4, -0.2) is 46.4 Å². The minimum Gasteiger partial charge on any atom is -0.477 e. The summed E-state index contributed by atoms with van der Waals surface area (Å²) < 4.78 is 6.06. The Kier molecular flexibility index (Phi) is 9.07. The van der Waals surface area contributed by atoms with Crippen LogP contribution in [0.2, 0.25) is 0 Å². The van der Waals surface area contributed by atoms with Crippen LogP contribution in [0.5, 0.6) is 0 Å². The Morgan fingerprint density at radius 3 is 2.42 bits per heavy atom. The average Bonchev–Trinajstić information content (AvgIpc) is 3.53. The van der Waals surface area contributed by atoms with Crippen molar-refractivity contribution < 1.29 is 24.5 Å². The van der Waals surface area contributed by atoms with Gasteiger partial charge in [0.1, 0.15) is 4.88 Å². The number of hydrogen-bond acceptors (Lipinski definition) is 5. The molecule has 0 radical (unpaired) electrons. The van der Waals surface area contributed by atoms with E-state index in [0.29, 0.717) is 49.3 Å². The van der Waals surface area contributed by atoms with Gasteiger partial charge in [-0.3, -0.25) is 4.79 Å². The number of thiophene rings is 1. The van der Waals surface area contributed by atoms with E-state index < -0.39 is 11.6 Å². The number of carbonyl (C=O) groups is 2. The third-order valence-corrected chi connectivity index (χ3v) is 9.12. The minimum atomic E-state index is -1.04. The molecule has 1 amide bonds. The number of carboxylic acid groups (broad SMARTS) is 1. The van der Waals surface area contributed by atoms with E-state index in [9.17, 15) is 19.8 Å². The molecule has 0 aliphatic heterocycles. The Balaban J connectivity index is 1.60. The van der Waals surface area contributed by atoms with Gasteiger partial charge in [-0.05, 0) is 91.5 Å². The highest BCUT2D eigenvalue weighted by molar-refractivity contribution is 7.15. The van der Waals surface area contributed by atoms with E-state index in [-0.39, 0.29) is 34.3 Å². The minimum absolute atomic E-state index is 0.0120. The van der Waals surface area contributed by atoms with Crippen LogP contribution < -0.4 is 4.90 Å². The topological polar surface area (TPSA) is 87.1 Å². The molecule has 1 atom stereocenters. The van der Waals surface area contributed by atoms with Gasteiger partial charge in [0.05, 0.1) is 28.9 Å². The number of rotatable bonds is 7. The molecule has 7 heteroatoms. The number of allylic oxidation sites excluding steroid dienone is 2. The number of hydrogen-bond donors (Lipinski definition) is 2. The van der Waals surface area contributed by atoms with Gasteiger partial charge in [0, 0.05) is 17.4 Å². The van der Waals surface area contributed by atoms with Crippen molar-refractivity contribution in [2.75, 3.05) is 11.5 Å². The Morgan fingerprint density at radius 2 is 1.84 bits per heavy atom. The van der Waals surface area contributed by atoms with Crippen molar-refractivity contribution >= 4 is 28.9 Å². The molecule has 38 heavy (non-hydrogen) atoms. The Morgan fingerprint density at radius 1 is 1.16 bits per heavy atom. The smallest absolute Gasteiger partial charge is 0.348 e. The molecule has 1 unspecified atom stereocenters. The number of carbonyl (C=O) groups excluding carboxylic acids is 1. The molecule has 3 aliphatic carbocycles. The highest BCUT2D eigenvalue weighted by Gasteiger charge is 2.41. The number of ether oxygens (including phenoxy) is 1. The van der Waals surface area contributed by atoms with Crippen LogP contribution in [0.1, 0.15) is 113 Å². The summed E-state index contributed by atoms with van der Waals surface area (Å²) in [6, 6.07) is 1.62. The van der Waals surface area contributed by atoms with Gasteiger partial charge in [-0.25, -0.2) is 4.79 Å². The Bertz CT molecular complexity index is 1100. The lowest BCUT2D eigenvalue weighted by Gasteiger charge is -2.42. The van der Waals surface area contributed by atoms with Gasteiger partial charge >= 0.3 is 5.97 Å². The highest BCUT2D eigenvalue weighted by Crippen LogP contribution is 2.40. The first-order chi connectivity index (χ1) is 17.9. The maximum Gasteiger partial charge on any atom is 0.348 e. The third kappa shape index (κ3) is 7.28. The second-order valence-corrected chi connectivity index (χ2v) is 13.6. The summed E-state index contributed by atoms with van der Waals surface area (Å²) >= 11 is 1.14. The number of nitrogens with zero attached hydrogens (tertiary/aromatic N) is 1. The fourth-order valence-electron chi connectivity index (χ4n) is 5.78. The summed E-state index contributed by atoms with van der Waals surface area (Å²) in [5.74, 6) is 5.11. The van der Waals surface area contributed by atoms with Crippen LogP contribution >= 0.6 is 11.3 Å². The monoisotopic (exact) mass is 541 g/mol. The van der Waals surface area contributed by atoms with Crippen molar-refractivity contribution in [3.63, 3.8) is 0 Å². The van der Waals surface area contributed by atoms with Crippen LogP contribution in [0.3, 0.4) is 0 Å². The number of carboxylic acids is 1. The number of anilines is 1. The van der Waals surface area contributed by atoms with E-state index >= 15 is 0 Å². The summed E-state index contributed by atoms with van der Waals surface area (Å²) in [4.78, 5) is 29.0. The fraction of sp³-hybridized carbons (Fsp3) is 0.677. The second kappa shape index (κ2) is 11.9. The van der Waals surface area contributed by atoms with Crippen molar-refractivity contribution in [3.05, 3.63) is 27.5 Å². The molecule has 0 bridgehead atoms. The largest absolute Gasteiger partial charge is 0.477 e. The second-order valence-electron chi connectivity index (χ2n) is 12.5. The fourth-order valence-corrected chi connectivity index (χ4v) is 6.62. The zero-order chi connectivity index (χ0) is 27.5. The summed E-state index contributed by atoms with van der Waals surface area (Å²) in [6.45, 7) is 8.47. The van der Waals surface area contributed by atoms with Crippen molar-refractivity contribution in [1.82, 2.24) is 0 Å². The Labute approximate surface area is 231 Å². The molecule has 1 aromatic rings. The normalized spacial score (nSPS) is 26.4. The maximum atomic E-state index is 14.1. The van der Waals surface area contributed by atoms with Gasteiger partial charge in [-0.15, -0.1) is 11.3 Å². The average molecular weight is 542 g/mol. The standard InChI is InChI=1S/C31H43NO5S/c1-21-9-11-22(12-10-21)28(33)32(26-19-25(15-16-30(2,3)4)38-27(26)29(34)35)23-13-17-31(36,18-14-23)20-37-24-7-5-6-8-24/h9,19,22-24,36H,5-8,10-14,17-18,20H2,1-4H3,(H,34,35)/t22?,23-,31+. The van der Waals surface area contributed by atoms with Gasteiger partial charge < -0.3 is 19.8 Å². The summed E-state index contributed by atoms with van der Waals surface area (Å²) in [7, 11) is 0. The van der Waals surface area contributed by atoms with Gasteiger partial charge in [0.2, 0.25) is 5.91 Å². The van der Waals surface area contributed by atoms with E-state index in [0.717, 1.165) is 37.0 Å². The molecule has 2 fully saturated rings. The summed E-state index contributed by atoms with van der Waals surface area (Å²) in [5.41, 5.74) is 0.636. The molecule has 208 valence electrons. The first kappa shape index (κ1) is 28.9. The van der Waals surface area contributed by atoms with Gasteiger partial charge in [0.25, 0.3) is 0 Å². The molecular weight excluding hydrogens is 498 g/mol. The summed E-state index contributed by atoms with van der Waals surface area (Å²) in [5, 5.41) is 21.4. The molecule has 0 aromatic carbocycles. The molecule has 0 spiro atoms. The van der Waals surface area contributed by atoms with Crippen molar-refractivity contribution in [2.24, 2.45) is 11.3 Å². The van der Waals surface area contributed by atoms with Crippen molar-refractivity contribution in [1.29, 1.82) is 0 Å². The van der Waals surface area contributed by atoms with E-state index in [1.54, 1.807) is 11.0 Å². The zero-order valence-corrected chi connectivity index (χ0v) is 24.2. The molecule has 1 heterocycles. The maximum absolute atomic E-state index is 14.1. The first-order valence-electron chi connectivity index (χ1n) is 14.2. The van der Waals surface area contributed by atoms with Crippen molar-refractivity contribution in [3.8, 4) is 11.8 Å². The molecule has 4 rings (SSSR count). The molecular formula is C31H43NO5S. The van der Waals surface area contributed by atoms with E-state index in [4.69, 9.17) is 4.74 Å². The first-order valence-corrected chi connectivity index (χ1v) is 15.0. The molecule has 2 N–H and O–H groups in total. The lowest BCUT2D eigenvalue weighted by Crippen LogP contribution is -2.50. The van der Waals surface area contributed by atoms with E-state index in [1.807, 2.05) is 20.8 Å². The van der Waals surface area contributed by atoms with Gasteiger partial charge in [0.15, 0.2) is 0 Å². The van der Waals surface area contributed by atoms with Crippen LogP contribution in [0.15, 0.2) is 17.7 Å². The van der Waals surface area contributed by atoms with E-state index in [1.165, 1.54) is 18.4 Å². The molecule has 1 aromatic heterocycles. The van der Waals surface area contributed by atoms with Crippen LogP contribution in [0.4, 0.5) is 5.69 Å². The lowest BCUT2D eigenvalue weighted by molar-refractivity contribution is -0.124. The SMILES string of the molecule is CC1=CCC(C(=O)N(c2cc(C#CC(C)(C)C)sc2C(=O)O)[C@H]2CC[C@](O)(COC3CCCC3)CC2)CC1. The molecule has 0 saturated heterocycles. The van der Waals surface area contributed by atoms with Gasteiger partial charge in [-0.1, -0.05) is 36.3 Å². The summed E-state index contributed by atoms with van der Waals surface area (Å²) in [6.07, 6.45) is 11.5. The van der Waals surface area contributed by atoms with Gasteiger partial charge in [-0.2, -0.15) is 0 Å². The zero-order valence-electron chi connectivity index (χ0n) is 23.3. The van der Waals surface area contributed by atoms with Crippen molar-refractivity contribution in [2.45, 2.75) is 116 Å². The molecule has 2 saturated carbocycles. The quantitative estimate of drug-likeness (QED) is 0.302. The number of aliphatic hydroxyl groups is 1. The number of aromatic carboxylic acids is 1. The lowest BCUT2D eigenvalue weighted by atomic mass is 9.81. The number of amides is 1. The van der Waals surface area contributed by atoms with E-state index in [2.05, 4.69) is 24.8 Å². The van der Waals surface area contributed by atoms with Crippen LogP contribution in [-0.2, 0) is 9.53 Å². The molecule has 6 nitrogen and oxygen atoms in total. The predicted octanol–water partition coefficient (Wildman–Crippen LogP) is 6.56. The van der Waals surface area contributed by atoms with Crippen LogP contribution in [0, 0.1) is 23.2 Å².